The van der Waals surface area contributed by atoms with Crippen molar-refractivity contribution in [2.75, 3.05) is 19.6 Å². The van der Waals surface area contributed by atoms with Gasteiger partial charge in [0.25, 0.3) is 0 Å². The molecule has 0 radical (unpaired) electrons. The van der Waals surface area contributed by atoms with Crippen LogP contribution in [0.15, 0.2) is 48.5 Å². The van der Waals surface area contributed by atoms with Crippen molar-refractivity contribution in [3.63, 3.8) is 0 Å². The van der Waals surface area contributed by atoms with E-state index in [0.29, 0.717) is 0 Å². The molecule has 0 unspecified atom stereocenters. The second-order valence-corrected chi connectivity index (χ2v) is 7.77. The van der Waals surface area contributed by atoms with E-state index < -0.39 is 0 Å². The first-order valence-electron chi connectivity index (χ1n) is 10.0. The van der Waals surface area contributed by atoms with Crippen LogP contribution in [0.5, 0.6) is 0 Å². The lowest BCUT2D eigenvalue weighted by Gasteiger charge is -2.35. The third-order valence-corrected chi connectivity index (χ3v) is 6.37. The Morgan fingerprint density at radius 2 is 1.52 bits per heavy atom. The zero-order chi connectivity index (χ0) is 18.1. The minimum absolute atomic E-state index is 0.324. The summed E-state index contributed by atoms with van der Waals surface area (Å²) in [5, 5.41) is 15.5. The first-order chi connectivity index (χ1) is 13.4. The predicted octanol–water partition coefficient (Wildman–Crippen LogP) is 3.12. The molecule has 1 saturated heterocycles. The molecular formula is C22H25N5. The van der Waals surface area contributed by atoms with Crippen molar-refractivity contribution in [1.29, 1.82) is 0 Å². The van der Waals surface area contributed by atoms with Gasteiger partial charge in [0.15, 0.2) is 5.82 Å². The molecule has 5 heteroatoms. The molecule has 1 aliphatic heterocycles. The zero-order valence-electron chi connectivity index (χ0n) is 15.6. The van der Waals surface area contributed by atoms with Crippen LogP contribution < -0.4 is 0 Å². The van der Waals surface area contributed by atoms with Crippen LogP contribution in [0.3, 0.4) is 0 Å². The number of hydrogen-bond donors (Lipinski definition) is 1. The number of rotatable bonds is 4. The number of aromatic nitrogens is 4. The second-order valence-electron chi connectivity index (χ2n) is 7.77. The molecule has 0 spiro atoms. The Morgan fingerprint density at radius 3 is 2.11 bits per heavy atom. The molecule has 138 valence electrons. The Balaban J connectivity index is 1.72. The van der Waals surface area contributed by atoms with Crippen LogP contribution in [0.25, 0.3) is 0 Å². The van der Waals surface area contributed by atoms with Gasteiger partial charge in [0, 0.05) is 0 Å². The summed E-state index contributed by atoms with van der Waals surface area (Å²) < 4.78 is 0. The predicted molar refractivity (Wildman–Crippen MR) is 105 cm³/mol. The maximum absolute atomic E-state index is 4.46. The molecule has 2 aromatic carbocycles. The first kappa shape index (κ1) is 16.6. The third-order valence-electron chi connectivity index (χ3n) is 6.37. The molecule has 1 aliphatic carbocycles. The first-order valence-corrected chi connectivity index (χ1v) is 10.0. The summed E-state index contributed by atoms with van der Waals surface area (Å²) in [5.41, 5.74) is 5.20. The minimum Gasteiger partial charge on any atom is -0.303 e. The SMILES string of the molecule is c1ccc2c(c1)CCc1ccccc1C2(CCN1CCCC1)c1nnn[nH]1. The van der Waals surface area contributed by atoms with Crippen LogP contribution in [0.2, 0.25) is 0 Å². The largest absolute Gasteiger partial charge is 0.303 e. The Bertz CT molecular complexity index is 864. The van der Waals surface area contributed by atoms with Crippen molar-refractivity contribution in [2.45, 2.75) is 37.5 Å². The molecule has 2 heterocycles. The zero-order valence-corrected chi connectivity index (χ0v) is 15.6. The fourth-order valence-electron chi connectivity index (χ4n) is 5.04. The van der Waals surface area contributed by atoms with Crippen LogP contribution in [0.1, 0.15) is 47.3 Å². The number of tetrazole rings is 1. The molecule has 5 nitrogen and oxygen atoms in total. The lowest BCUT2D eigenvalue weighted by molar-refractivity contribution is 0.307. The van der Waals surface area contributed by atoms with Crippen molar-refractivity contribution in [1.82, 2.24) is 25.5 Å². The van der Waals surface area contributed by atoms with E-state index in [9.17, 15) is 0 Å². The van der Waals surface area contributed by atoms with Crippen molar-refractivity contribution < 1.29 is 0 Å². The van der Waals surface area contributed by atoms with Gasteiger partial charge in [0.05, 0.1) is 5.41 Å². The van der Waals surface area contributed by atoms with Gasteiger partial charge < -0.3 is 4.90 Å². The third kappa shape index (κ3) is 2.77. The van der Waals surface area contributed by atoms with E-state index in [2.05, 4.69) is 74.1 Å². The van der Waals surface area contributed by atoms with Crippen LogP contribution in [-0.2, 0) is 18.3 Å². The van der Waals surface area contributed by atoms with Crippen molar-refractivity contribution >= 4 is 0 Å². The summed E-state index contributed by atoms with van der Waals surface area (Å²) in [6.07, 6.45) is 5.71. The highest BCUT2D eigenvalue weighted by Gasteiger charge is 2.43. The molecule has 27 heavy (non-hydrogen) atoms. The highest BCUT2D eigenvalue weighted by Crippen LogP contribution is 2.45. The van der Waals surface area contributed by atoms with E-state index in [4.69, 9.17) is 0 Å². The average molecular weight is 359 g/mol. The van der Waals surface area contributed by atoms with Gasteiger partial charge in [0.1, 0.15) is 0 Å². The number of benzene rings is 2. The van der Waals surface area contributed by atoms with Gasteiger partial charge in [-0.1, -0.05) is 48.5 Å². The highest BCUT2D eigenvalue weighted by molar-refractivity contribution is 5.54. The molecule has 0 bridgehead atoms. The van der Waals surface area contributed by atoms with E-state index in [1.54, 1.807) is 0 Å². The van der Waals surface area contributed by atoms with Gasteiger partial charge in [-0.2, -0.15) is 0 Å². The van der Waals surface area contributed by atoms with E-state index in [-0.39, 0.29) is 5.41 Å². The Hall–Kier alpha value is -2.53. The smallest absolute Gasteiger partial charge is 0.163 e. The van der Waals surface area contributed by atoms with Crippen molar-refractivity contribution in [3.05, 3.63) is 76.6 Å². The summed E-state index contributed by atoms with van der Waals surface area (Å²) in [6.45, 7) is 3.46. The molecule has 3 aromatic rings. The molecule has 1 N–H and O–H groups in total. The second kappa shape index (κ2) is 6.89. The van der Waals surface area contributed by atoms with E-state index in [1.807, 2.05) is 0 Å². The number of hydrogen-bond acceptors (Lipinski definition) is 4. The summed E-state index contributed by atoms with van der Waals surface area (Å²) in [7, 11) is 0. The van der Waals surface area contributed by atoms with E-state index in [0.717, 1.165) is 31.6 Å². The fourth-order valence-corrected chi connectivity index (χ4v) is 5.04. The van der Waals surface area contributed by atoms with Gasteiger partial charge in [-0.05, 0) is 84.4 Å². The number of H-pyrrole nitrogens is 1. The maximum Gasteiger partial charge on any atom is 0.163 e. The van der Waals surface area contributed by atoms with E-state index >= 15 is 0 Å². The lowest BCUT2D eigenvalue weighted by atomic mass is 9.69. The fraction of sp³-hybridized carbons (Fsp3) is 0.409. The number of aromatic amines is 1. The van der Waals surface area contributed by atoms with Gasteiger partial charge >= 0.3 is 0 Å². The van der Waals surface area contributed by atoms with Crippen molar-refractivity contribution in [3.8, 4) is 0 Å². The van der Waals surface area contributed by atoms with Crippen LogP contribution >= 0.6 is 0 Å². The molecule has 2 aliphatic rings. The summed E-state index contributed by atoms with van der Waals surface area (Å²) in [4.78, 5) is 2.58. The van der Waals surface area contributed by atoms with Gasteiger partial charge in [-0.25, -0.2) is 5.10 Å². The molecule has 5 rings (SSSR count). The van der Waals surface area contributed by atoms with Crippen LogP contribution in [-0.4, -0.2) is 45.2 Å². The summed E-state index contributed by atoms with van der Waals surface area (Å²) in [6, 6.07) is 17.7. The highest BCUT2D eigenvalue weighted by atomic mass is 15.5. The van der Waals surface area contributed by atoms with E-state index in [1.165, 1.54) is 48.2 Å². The quantitative estimate of drug-likeness (QED) is 0.778. The standard InChI is InChI=1S/C22H25N5/c1-3-9-19-17(7-1)11-12-18-8-2-4-10-20(18)22(19,21-23-25-26-24-21)13-16-27-14-5-6-15-27/h1-4,7-10H,5-6,11-16H2,(H,23,24,25,26). The van der Waals surface area contributed by atoms with Crippen molar-refractivity contribution in [2.24, 2.45) is 0 Å². The van der Waals surface area contributed by atoms with Crippen LogP contribution in [0, 0.1) is 0 Å². The number of likely N-dealkylation sites (tertiary alicyclic amines) is 1. The Kier molecular flexibility index (Phi) is 4.24. The molecule has 0 amide bonds. The van der Waals surface area contributed by atoms with Crippen LogP contribution in [0.4, 0.5) is 0 Å². The molecule has 1 fully saturated rings. The topological polar surface area (TPSA) is 57.7 Å². The molecular weight excluding hydrogens is 334 g/mol. The normalized spacial score (nSPS) is 18.7. The number of aryl methyl sites for hydroxylation is 2. The monoisotopic (exact) mass is 359 g/mol. The summed E-state index contributed by atoms with van der Waals surface area (Å²) >= 11 is 0. The van der Waals surface area contributed by atoms with Gasteiger partial charge in [-0.3, -0.25) is 0 Å². The molecule has 0 atom stereocenters. The number of fused-ring (bicyclic) bond motifs is 2. The van der Waals surface area contributed by atoms with Gasteiger partial charge in [0.2, 0.25) is 0 Å². The number of nitrogens with zero attached hydrogens (tertiary/aromatic N) is 4. The number of nitrogens with one attached hydrogen (secondary N) is 1. The summed E-state index contributed by atoms with van der Waals surface area (Å²) in [5.74, 6) is 0.864. The average Bonchev–Trinajstić information content (AvgIpc) is 3.41. The minimum atomic E-state index is -0.324. The molecule has 0 saturated carbocycles. The Labute approximate surface area is 159 Å². The lowest BCUT2D eigenvalue weighted by Crippen LogP contribution is -2.36. The Morgan fingerprint density at radius 1 is 0.889 bits per heavy atom. The van der Waals surface area contributed by atoms with Gasteiger partial charge in [-0.15, -0.1) is 5.10 Å². The maximum atomic E-state index is 4.46. The molecule has 1 aromatic heterocycles.